The molecule has 1 aromatic carbocycles. The minimum Gasteiger partial charge on any atom is -0.487 e. The number of benzene rings is 1. The summed E-state index contributed by atoms with van der Waals surface area (Å²) in [6, 6.07) is 5.17. The molecule has 2 nitrogen and oxygen atoms in total. The third-order valence-electron chi connectivity index (χ3n) is 2.34. The first kappa shape index (κ1) is 13.6. The van der Waals surface area contributed by atoms with Crippen LogP contribution in [-0.4, -0.2) is 12.6 Å². The summed E-state index contributed by atoms with van der Waals surface area (Å²) in [5, 5.41) is 1.10. The molecule has 0 amide bonds. The third kappa shape index (κ3) is 3.55. The maximum atomic E-state index is 6.03. The first-order chi connectivity index (χ1) is 7.34. The van der Waals surface area contributed by atoms with Crippen molar-refractivity contribution in [2.24, 2.45) is 11.1 Å². The van der Waals surface area contributed by atoms with Gasteiger partial charge in [-0.2, -0.15) is 0 Å². The van der Waals surface area contributed by atoms with Gasteiger partial charge < -0.3 is 10.5 Å². The summed E-state index contributed by atoms with van der Waals surface area (Å²) < 4.78 is 5.80. The first-order valence-corrected chi connectivity index (χ1v) is 5.92. The molecule has 90 valence electrons. The highest BCUT2D eigenvalue weighted by molar-refractivity contribution is 6.35. The summed E-state index contributed by atoms with van der Waals surface area (Å²) in [4.78, 5) is 0. The van der Waals surface area contributed by atoms with Gasteiger partial charge in [-0.3, -0.25) is 0 Å². The Morgan fingerprint density at radius 3 is 2.38 bits per heavy atom. The SMILES string of the molecule is CC(C)(C)C(CN)Oc1ccc(Cl)cc1Cl. The summed E-state index contributed by atoms with van der Waals surface area (Å²) in [5.41, 5.74) is 5.66. The Balaban J connectivity index is 2.86. The van der Waals surface area contributed by atoms with Crippen LogP contribution >= 0.6 is 23.2 Å². The van der Waals surface area contributed by atoms with Gasteiger partial charge in [0.05, 0.1) is 5.02 Å². The molecule has 1 rings (SSSR count). The van der Waals surface area contributed by atoms with Crippen molar-refractivity contribution in [1.82, 2.24) is 0 Å². The lowest BCUT2D eigenvalue weighted by atomic mass is 9.89. The molecule has 0 aliphatic heterocycles. The predicted molar refractivity (Wildman–Crippen MR) is 69.4 cm³/mol. The Bertz CT molecular complexity index is 361. The van der Waals surface area contributed by atoms with Crippen LogP contribution in [-0.2, 0) is 0 Å². The normalized spacial score (nSPS) is 13.6. The molecule has 2 N–H and O–H groups in total. The second-order valence-electron chi connectivity index (χ2n) is 4.78. The molecule has 0 saturated heterocycles. The summed E-state index contributed by atoms with van der Waals surface area (Å²) in [6.45, 7) is 6.68. The number of hydrogen-bond donors (Lipinski definition) is 1. The highest BCUT2D eigenvalue weighted by Crippen LogP contribution is 2.31. The predicted octanol–water partition coefficient (Wildman–Crippen LogP) is 3.75. The molecule has 0 spiro atoms. The molecule has 0 bridgehead atoms. The fourth-order valence-electron chi connectivity index (χ4n) is 1.30. The van der Waals surface area contributed by atoms with Crippen molar-refractivity contribution in [1.29, 1.82) is 0 Å². The number of ether oxygens (including phenoxy) is 1. The number of hydrogen-bond acceptors (Lipinski definition) is 2. The van der Waals surface area contributed by atoms with Crippen LogP contribution in [0.5, 0.6) is 5.75 Å². The molecule has 0 heterocycles. The molecule has 0 aromatic heterocycles. The lowest BCUT2D eigenvalue weighted by molar-refractivity contribution is 0.0943. The maximum absolute atomic E-state index is 6.03. The van der Waals surface area contributed by atoms with Gasteiger partial charge in [-0.05, 0) is 18.2 Å². The molecule has 1 unspecified atom stereocenters. The number of rotatable bonds is 3. The zero-order chi connectivity index (χ0) is 12.3. The lowest BCUT2D eigenvalue weighted by Gasteiger charge is -2.30. The van der Waals surface area contributed by atoms with Crippen LogP contribution in [0.1, 0.15) is 20.8 Å². The molecule has 0 saturated carbocycles. The van der Waals surface area contributed by atoms with E-state index in [0.29, 0.717) is 22.3 Å². The van der Waals surface area contributed by atoms with E-state index in [0.717, 1.165) is 0 Å². The zero-order valence-corrected chi connectivity index (χ0v) is 11.3. The molecule has 16 heavy (non-hydrogen) atoms. The van der Waals surface area contributed by atoms with E-state index in [4.69, 9.17) is 33.7 Å². The Morgan fingerprint density at radius 1 is 1.31 bits per heavy atom. The molecule has 4 heteroatoms. The smallest absolute Gasteiger partial charge is 0.138 e. The monoisotopic (exact) mass is 261 g/mol. The molecule has 0 aliphatic rings. The van der Waals surface area contributed by atoms with Gasteiger partial charge >= 0.3 is 0 Å². The lowest BCUT2D eigenvalue weighted by Crippen LogP contribution is -2.38. The van der Waals surface area contributed by atoms with Crippen molar-refractivity contribution >= 4 is 23.2 Å². The van der Waals surface area contributed by atoms with Gasteiger partial charge in [0.15, 0.2) is 0 Å². The van der Waals surface area contributed by atoms with E-state index >= 15 is 0 Å². The minimum absolute atomic E-state index is 0.0300. The molecular formula is C12H17Cl2NO. The number of nitrogens with two attached hydrogens (primary N) is 1. The van der Waals surface area contributed by atoms with Crippen molar-refractivity contribution in [3.8, 4) is 5.75 Å². The Morgan fingerprint density at radius 2 is 1.94 bits per heavy atom. The molecule has 0 fully saturated rings. The highest BCUT2D eigenvalue weighted by atomic mass is 35.5. The highest BCUT2D eigenvalue weighted by Gasteiger charge is 2.25. The Labute approximate surface area is 107 Å². The van der Waals surface area contributed by atoms with Crippen molar-refractivity contribution in [3.05, 3.63) is 28.2 Å². The van der Waals surface area contributed by atoms with E-state index in [1.165, 1.54) is 0 Å². The average Bonchev–Trinajstić information content (AvgIpc) is 2.14. The topological polar surface area (TPSA) is 35.2 Å². The van der Waals surface area contributed by atoms with Crippen molar-refractivity contribution in [2.45, 2.75) is 26.9 Å². The fraction of sp³-hybridized carbons (Fsp3) is 0.500. The van der Waals surface area contributed by atoms with Gasteiger partial charge in [0, 0.05) is 17.0 Å². The second-order valence-corrected chi connectivity index (χ2v) is 5.63. The van der Waals surface area contributed by atoms with Gasteiger partial charge in [-0.15, -0.1) is 0 Å². The summed E-state index contributed by atoms with van der Waals surface area (Å²) >= 11 is 11.8. The molecule has 0 radical (unpaired) electrons. The van der Waals surface area contributed by atoms with E-state index in [1.54, 1.807) is 18.2 Å². The van der Waals surface area contributed by atoms with E-state index in [2.05, 4.69) is 20.8 Å². The van der Waals surface area contributed by atoms with E-state index in [9.17, 15) is 0 Å². The van der Waals surface area contributed by atoms with Crippen LogP contribution < -0.4 is 10.5 Å². The molecule has 0 aliphatic carbocycles. The van der Waals surface area contributed by atoms with E-state index in [1.807, 2.05) is 0 Å². The minimum atomic E-state index is -0.0776. The summed E-state index contributed by atoms with van der Waals surface area (Å²) in [6.07, 6.45) is -0.0776. The maximum Gasteiger partial charge on any atom is 0.138 e. The van der Waals surface area contributed by atoms with Gasteiger partial charge in [0.2, 0.25) is 0 Å². The first-order valence-electron chi connectivity index (χ1n) is 5.16. The van der Waals surface area contributed by atoms with Crippen LogP contribution in [0.25, 0.3) is 0 Å². The van der Waals surface area contributed by atoms with E-state index in [-0.39, 0.29) is 11.5 Å². The van der Waals surface area contributed by atoms with Crippen LogP contribution in [0.2, 0.25) is 10.0 Å². The fourth-order valence-corrected chi connectivity index (χ4v) is 1.76. The van der Waals surface area contributed by atoms with Gasteiger partial charge in [-0.1, -0.05) is 44.0 Å². The van der Waals surface area contributed by atoms with Crippen molar-refractivity contribution in [3.63, 3.8) is 0 Å². The van der Waals surface area contributed by atoms with Gasteiger partial charge in [-0.25, -0.2) is 0 Å². The third-order valence-corrected chi connectivity index (χ3v) is 2.87. The summed E-state index contributed by atoms with van der Waals surface area (Å²) in [5.74, 6) is 0.622. The van der Waals surface area contributed by atoms with Crippen LogP contribution in [0, 0.1) is 5.41 Å². The van der Waals surface area contributed by atoms with Crippen LogP contribution in [0.4, 0.5) is 0 Å². The van der Waals surface area contributed by atoms with Crippen molar-refractivity contribution < 1.29 is 4.74 Å². The molecule has 1 atom stereocenters. The van der Waals surface area contributed by atoms with Crippen LogP contribution in [0.15, 0.2) is 18.2 Å². The zero-order valence-electron chi connectivity index (χ0n) is 9.76. The van der Waals surface area contributed by atoms with Crippen LogP contribution in [0.3, 0.4) is 0 Å². The van der Waals surface area contributed by atoms with Crippen molar-refractivity contribution in [2.75, 3.05) is 6.54 Å². The van der Waals surface area contributed by atoms with Gasteiger partial charge in [0.25, 0.3) is 0 Å². The Kier molecular flexibility index (Phi) is 4.48. The quantitative estimate of drug-likeness (QED) is 0.900. The largest absolute Gasteiger partial charge is 0.487 e. The standard InChI is InChI=1S/C12H17Cl2NO/c1-12(2,3)11(7-15)16-10-5-4-8(13)6-9(10)14/h4-6,11H,7,15H2,1-3H3. The average molecular weight is 262 g/mol. The summed E-state index contributed by atoms with van der Waals surface area (Å²) in [7, 11) is 0. The second kappa shape index (κ2) is 5.26. The molecular weight excluding hydrogens is 245 g/mol. The Hall–Kier alpha value is -0.440. The number of halogens is 2. The molecule has 1 aromatic rings. The van der Waals surface area contributed by atoms with Gasteiger partial charge in [0.1, 0.15) is 11.9 Å². The van der Waals surface area contributed by atoms with E-state index < -0.39 is 0 Å².